The summed E-state index contributed by atoms with van der Waals surface area (Å²) in [5, 5.41) is 10.8. The van der Waals surface area contributed by atoms with Crippen LogP contribution < -0.4 is 11.2 Å². The SMILES string of the molecule is O=C(OCC1OC(n2cc(F)c(=O)[nH]c2=O)C(O)C1OC(=O)c1ccccc1)c1ccccc1. The minimum absolute atomic E-state index is 0.186. The number of halogens is 1. The number of ether oxygens (including phenoxy) is 3. The number of H-pyrrole nitrogens is 1. The summed E-state index contributed by atoms with van der Waals surface area (Å²) in [6.45, 7) is -0.450. The number of nitrogens with one attached hydrogen (secondary N) is 1. The first-order chi connectivity index (χ1) is 16.3. The summed E-state index contributed by atoms with van der Waals surface area (Å²) in [6.07, 6.45) is -5.21. The van der Waals surface area contributed by atoms with Crippen LogP contribution >= 0.6 is 0 Å². The fourth-order valence-electron chi connectivity index (χ4n) is 3.46. The number of hydrogen-bond donors (Lipinski definition) is 2. The fourth-order valence-corrected chi connectivity index (χ4v) is 3.46. The van der Waals surface area contributed by atoms with Crippen molar-refractivity contribution in [1.29, 1.82) is 0 Å². The molecule has 1 aliphatic heterocycles. The molecule has 2 N–H and O–H groups in total. The maximum atomic E-state index is 13.8. The third-order valence-electron chi connectivity index (χ3n) is 5.15. The molecule has 0 radical (unpaired) electrons. The van der Waals surface area contributed by atoms with Crippen molar-refractivity contribution in [3.05, 3.63) is 105 Å². The molecule has 4 rings (SSSR count). The molecule has 2 heterocycles. The Labute approximate surface area is 191 Å². The van der Waals surface area contributed by atoms with Crippen LogP contribution in [0.1, 0.15) is 26.9 Å². The van der Waals surface area contributed by atoms with Crippen molar-refractivity contribution in [1.82, 2.24) is 9.55 Å². The van der Waals surface area contributed by atoms with Gasteiger partial charge in [-0.15, -0.1) is 0 Å². The van der Waals surface area contributed by atoms with E-state index in [4.69, 9.17) is 14.2 Å². The molecule has 34 heavy (non-hydrogen) atoms. The lowest BCUT2D eigenvalue weighted by Gasteiger charge is -2.21. The molecule has 3 aromatic rings. The minimum Gasteiger partial charge on any atom is -0.459 e. The molecule has 1 fully saturated rings. The Hall–Kier alpha value is -4.09. The van der Waals surface area contributed by atoms with Crippen LogP contribution in [0.2, 0.25) is 0 Å². The molecule has 0 amide bonds. The Morgan fingerprint density at radius 2 is 1.59 bits per heavy atom. The van der Waals surface area contributed by atoms with E-state index in [9.17, 15) is 28.7 Å². The van der Waals surface area contributed by atoms with E-state index < -0.39 is 60.2 Å². The van der Waals surface area contributed by atoms with Crippen LogP contribution in [0.4, 0.5) is 4.39 Å². The van der Waals surface area contributed by atoms with Gasteiger partial charge in [-0.2, -0.15) is 4.39 Å². The average molecular weight is 470 g/mol. The molecule has 1 aliphatic rings. The number of aromatic amines is 1. The van der Waals surface area contributed by atoms with Gasteiger partial charge in [0.1, 0.15) is 18.8 Å². The number of rotatable bonds is 6. The molecule has 2 aromatic carbocycles. The number of benzene rings is 2. The van der Waals surface area contributed by atoms with Crippen molar-refractivity contribution < 1.29 is 33.3 Å². The molecule has 0 bridgehead atoms. The molecular weight excluding hydrogens is 451 g/mol. The first-order valence-electron chi connectivity index (χ1n) is 10.2. The summed E-state index contributed by atoms with van der Waals surface area (Å²) in [4.78, 5) is 50.2. The number of hydrogen-bond acceptors (Lipinski definition) is 8. The van der Waals surface area contributed by atoms with Gasteiger partial charge in [0.15, 0.2) is 12.3 Å². The Balaban J connectivity index is 1.59. The Morgan fingerprint density at radius 3 is 2.21 bits per heavy atom. The second-order valence-corrected chi connectivity index (χ2v) is 7.40. The van der Waals surface area contributed by atoms with E-state index in [0.29, 0.717) is 10.8 Å². The van der Waals surface area contributed by atoms with Gasteiger partial charge in [0.05, 0.1) is 17.3 Å². The molecule has 4 atom stereocenters. The fraction of sp³-hybridized carbons (Fsp3) is 0.217. The van der Waals surface area contributed by atoms with Crippen molar-refractivity contribution in [3.63, 3.8) is 0 Å². The largest absolute Gasteiger partial charge is 0.459 e. The molecule has 1 aromatic heterocycles. The number of aliphatic hydroxyl groups is 1. The van der Waals surface area contributed by atoms with Gasteiger partial charge in [-0.25, -0.2) is 14.4 Å². The number of carbonyl (C=O) groups excluding carboxylic acids is 2. The molecule has 1 saturated heterocycles. The molecule has 176 valence electrons. The predicted octanol–water partition coefficient (Wildman–Crippen LogP) is 1.02. The minimum atomic E-state index is -1.66. The zero-order chi connectivity index (χ0) is 24.2. The average Bonchev–Trinajstić information content (AvgIpc) is 3.15. The summed E-state index contributed by atoms with van der Waals surface area (Å²) in [5.74, 6) is -2.78. The van der Waals surface area contributed by atoms with Crippen molar-refractivity contribution in [2.75, 3.05) is 6.61 Å². The highest BCUT2D eigenvalue weighted by Gasteiger charge is 2.48. The monoisotopic (exact) mass is 470 g/mol. The Kier molecular flexibility index (Phi) is 6.66. The van der Waals surface area contributed by atoms with E-state index in [1.165, 1.54) is 24.3 Å². The van der Waals surface area contributed by atoms with E-state index in [0.717, 1.165) is 0 Å². The van der Waals surface area contributed by atoms with Crippen LogP contribution in [0.3, 0.4) is 0 Å². The van der Waals surface area contributed by atoms with Crippen LogP contribution in [-0.4, -0.2) is 51.5 Å². The standard InChI is InChI=1S/C23H19FN2O8/c24-15-11-26(23(31)25-19(15)28)20-17(27)18(34-22(30)14-9-5-2-6-10-14)16(33-20)12-32-21(29)13-7-3-1-4-8-13/h1-11,16-18,20,27H,12H2,(H,25,28,31). The van der Waals surface area contributed by atoms with Gasteiger partial charge >= 0.3 is 17.6 Å². The molecule has 0 spiro atoms. The van der Waals surface area contributed by atoms with Crippen LogP contribution in [0.25, 0.3) is 0 Å². The summed E-state index contributed by atoms with van der Waals surface area (Å²) >= 11 is 0. The van der Waals surface area contributed by atoms with Gasteiger partial charge in [-0.1, -0.05) is 36.4 Å². The second-order valence-electron chi connectivity index (χ2n) is 7.40. The van der Waals surface area contributed by atoms with Crippen LogP contribution in [0.15, 0.2) is 76.4 Å². The molecular formula is C23H19FN2O8. The number of aliphatic hydroxyl groups excluding tert-OH is 1. The first kappa shape index (κ1) is 23.1. The summed E-state index contributed by atoms with van der Waals surface area (Å²) in [5.41, 5.74) is -1.85. The number of esters is 2. The third-order valence-corrected chi connectivity index (χ3v) is 5.15. The summed E-state index contributed by atoms with van der Waals surface area (Å²) in [6, 6.07) is 16.0. The van der Waals surface area contributed by atoms with Crippen molar-refractivity contribution in [2.24, 2.45) is 0 Å². The van der Waals surface area contributed by atoms with Gasteiger partial charge in [-0.05, 0) is 24.3 Å². The van der Waals surface area contributed by atoms with E-state index in [2.05, 4.69) is 0 Å². The Bertz CT molecular complexity index is 1290. The summed E-state index contributed by atoms with van der Waals surface area (Å²) in [7, 11) is 0. The lowest BCUT2D eigenvalue weighted by Crippen LogP contribution is -2.41. The van der Waals surface area contributed by atoms with Crippen molar-refractivity contribution >= 4 is 11.9 Å². The number of aromatic nitrogens is 2. The maximum Gasteiger partial charge on any atom is 0.338 e. The lowest BCUT2D eigenvalue weighted by molar-refractivity contribution is -0.0617. The lowest BCUT2D eigenvalue weighted by atomic mass is 10.1. The quantitative estimate of drug-likeness (QED) is 0.510. The van der Waals surface area contributed by atoms with Gasteiger partial charge in [0.2, 0.25) is 5.82 Å². The van der Waals surface area contributed by atoms with E-state index in [1.807, 2.05) is 0 Å². The highest BCUT2D eigenvalue weighted by molar-refractivity contribution is 5.90. The topological polar surface area (TPSA) is 137 Å². The Morgan fingerprint density at radius 1 is 1.00 bits per heavy atom. The molecule has 0 saturated carbocycles. The van der Waals surface area contributed by atoms with Gasteiger partial charge in [0.25, 0.3) is 5.56 Å². The molecule has 0 aliphatic carbocycles. The van der Waals surface area contributed by atoms with E-state index in [-0.39, 0.29) is 11.1 Å². The van der Waals surface area contributed by atoms with Crippen molar-refractivity contribution in [3.8, 4) is 0 Å². The maximum absolute atomic E-state index is 13.8. The zero-order valence-electron chi connectivity index (χ0n) is 17.5. The second kappa shape index (κ2) is 9.81. The predicted molar refractivity (Wildman–Crippen MR) is 114 cm³/mol. The van der Waals surface area contributed by atoms with Crippen LogP contribution in [0.5, 0.6) is 0 Å². The molecule has 4 unspecified atom stereocenters. The van der Waals surface area contributed by atoms with Gasteiger partial charge in [0, 0.05) is 0 Å². The molecule has 10 nitrogen and oxygen atoms in total. The first-order valence-corrected chi connectivity index (χ1v) is 10.2. The smallest absolute Gasteiger partial charge is 0.338 e. The van der Waals surface area contributed by atoms with Gasteiger partial charge in [-0.3, -0.25) is 14.3 Å². The highest BCUT2D eigenvalue weighted by Crippen LogP contribution is 2.31. The number of nitrogens with zero attached hydrogens (tertiary/aromatic N) is 1. The van der Waals surface area contributed by atoms with E-state index >= 15 is 0 Å². The third kappa shape index (κ3) is 4.80. The molecule has 11 heteroatoms. The number of carbonyl (C=O) groups is 2. The van der Waals surface area contributed by atoms with E-state index in [1.54, 1.807) is 41.4 Å². The highest BCUT2D eigenvalue weighted by atomic mass is 19.1. The normalized spacial score (nSPS) is 21.7. The van der Waals surface area contributed by atoms with Crippen molar-refractivity contribution in [2.45, 2.75) is 24.5 Å². The summed E-state index contributed by atoms with van der Waals surface area (Å²) < 4.78 is 30.8. The van der Waals surface area contributed by atoms with Crippen LogP contribution in [0, 0.1) is 5.82 Å². The van der Waals surface area contributed by atoms with Gasteiger partial charge < -0.3 is 19.3 Å². The zero-order valence-corrected chi connectivity index (χ0v) is 17.5. The van der Waals surface area contributed by atoms with Crippen LogP contribution in [-0.2, 0) is 14.2 Å².